The van der Waals surface area contributed by atoms with Gasteiger partial charge in [0.05, 0.1) is 5.88 Å². The summed E-state index contributed by atoms with van der Waals surface area (Å²) in [5.74, 6) is 6.97. The molecule has 0 heterocycles. The maximum atomic E-state index is 5.15. The average Bonchev–Trinajstić information content (AvgIpc) is 1.61. The third-order valence-electron chi connectivity index (χ3n) is 0.356. The Morgan fingerprint density at radius 2 is 2.50 bits per heavy atom. The summed E-state index contributed by atoms with van der Waals surface area (Å²) in [4.78, 5) is 0. The standard InChI is InChI=1S/C5H6Cl/c1-2-3-4-5-6/h5H,4H2,1H3. The topological polar surface area (TPSA) is 0 Å². The minimum Gasteiger partial charge on any atom is -0.120 e. The molecular weight excluding hydrogens is 95.5 g/mol. The van der Waals surface area contributed by atoms with E-state index in [-0.39, 0.29) is 0 Å². The van der Waals surface area contributed by atoms with Crippen molar-refractivity contribution in [2.45, 2.75) is 13.3 Å². The summed E-state index contributed by atoms with van der Waals surface area (Å²) in [6.07, 6.45) is 0.693. The Balaban J connectivity index is 2.79. The highest BCUT2D eigenvalue weighted by Crippen LogP contribution is 1.86. The largest absolute Gasteiger partial charge is 0.120 e. The van der Waals surface area contributed by atoms with Crippen LogP contribution in [-0.2, 0) is 0 Å². The van der Waals surface area contributed by atoms with Gasteiger partial charge >= 0.3 is 0 Å². The highest BCUT2D eigenvalue weighted by molar-refractivity contribution is 6.23. The monoisotopic (exact) mass is 101 g/mol. The Kier molecular flexibility index (Phi) is 4.73. The highest BCUT2D eigenvalue weighted by Gasteiger charge is 1.67. The van der Waals surface area contributed by atoms with Gasteiger partial charge in [0.2, 0.25) is 0 Å². The van der Waals surface area contributed by atoms with E-state index in [9.17, 15) is 0 Å². The van der Waals surface area contributed by atoms with E-state index in [0.29, 0.717) is 6.42 Å². The molecule has 0 saturated carbocycles. The second-order valence-corrected chi connectivity index (χ2v) is 1.09. The van der Waals surface area contributed by atoms with Crippen molar-refractivity contribution in [1.29, 1.82) is 0 Å². The molecular formula is C5H6Cl. The molecule has 0 aromatic heterocycles. The van der Waals surface area contributed by atoms with Gasteiger partial charge in [-0.3, -0.25) is 0 Å². The lowest BCUT2D eigenvalue weighted by Crippen LogP contribution is -1.54. The molecule has 0 aliphatic carbocycles. The summed E-state index contributed by atoms with van der Waals surface area (Å²) in [5.41, 5.74) is 0. The summed E-state index contributed by atoms with van der Waals surface area (Å²) in [6, 6.07) is 0. The van der Waals surface area contributed by atoms with Gasteiger partial charge in [0.1, 0.15) is 0 Å². The fraction of sp³-hybridized carbons (Fsp3) is 0.400. The molecule has 0 unspecified atom stereocenters. The van der Waals surface area contributed by atoms with E-state index in [4.69, 9.17) is 11.6 Å². The smallest absolute Gasteiger partial charge is 0.0618 e. The molecule has 0 atom stereocenters. The van der Waals surface area contributed by atoms with E-state index < -0.39 is 0 Å². The van der Waals surface area contributed by atoms with Crippen molar-refractivity contribution in [3.8, 4) is 11.8 Å². The van der Waals surface area contributed by atoms with Crippen LogP contribution in [0.5, 0.6) is 0 Å². The maximum absolute atomic E-state index is 5.15. The molecule has 0 bridgehead atoms. The van der Waals surface area contributed by atoms with Gasteiger partial charge in [-0.05, 0) is 6.92 Å². The fourth-order valence-corrected chi connectivity index (χ4v) is 0.218. The number of rotatable bonds is 1. The first-order chi connectivity index (χ1) is 2.91. The van der Waals surface area contributed by atoms with Gasteiger partial charge in [-0.15, -0.1) is 23.4 Å². The summed E-state index contributed by atoms with van der Waals surface area (Å²) < 4.78 is 0. The zero-order valence-corrected chi connectivity index (χ0v) is 4.42. The summed E-state index contributed by atoms with van der Waals surface area (Å²) >= 11 is 5.15. The van der Waals surface area contributed by atoms with Crippen molar-refractivity contribution in [2.24, 2.45) is 0 Å². The lowest BCUT2D eigenvalue weighted by Gasteiger charge is -1.68. The first kappa shape index (κ1) is 5.85. The molecule has 0 spiro atoms. The van der Waals surface area contributed by atoms with Crippen molar-refractivity contribution in [2.75, 3.05) is 0 Å². The molecule has 1 heteroatoms. The molecule has 0 rings (SSSR count). The van der Waals surface area contributed by atoms with Gasteiger partial charge in [0, 0.05) is 6.42 Å². The second-order valence-electron chi connectivity index (χ2n) is 0.785. The molecule has 1 radical (unpaired) electrons. The third-order valence-corrected chi connectivity index (χ3v) is 0.510. The minimum atomic E-state index is 0.693. The van der Waals surface area contributed by atoms with E-state index in [2.05, 4.69) is 11.8 Å². The van der Waals surface area contributed by atoms with E-state index in [1.54, 1.807) is 6.92 Å². The van der Waals surface area contributed by atoms with Crippen molar-refractivity contribution >= 4 is 11.6 Å². The van der Waals surface area contributed by atoms with Crippen molar-refractivity contribution < 1.29 is 0 Å². The Bertz CT molecular complexity index is 65.7. The Labute approximate surface area is 43.5 Å². The Morgan fingerprint density at radius 1 is 1.83 bits per heavy atom. The van der Waals surface area contributed by atoms with Gasteiger partial charge in [-0.25, -0.2) is 0 Å². The molecule has 0 aromatic rings. The van der Waals surface area contributed by atoms with Crippen LogP contribution in [0.1, 0.15) is 13.3 Å². The predicted molar refractivity (Wildman–Crippen MR) is 28.2 cm³/mol. The van der Waals surface area contributed by atoms with Gasteiger partial charge < -0.3 is 0 Å². The molecule has 0 fully saturated rings. The molecule has 0 nitrogen and oxygen atoms in total. The lowest BCUT2D eigenvalue weighted by molar-refractivity contribution is 1.43. The number of halogens is 1. The number of hydrogen-bond donors (Lipinski definition) is 0. The average molecular weight is 102 g/mol. The van der Waals surface area contributed by atoms with Crippen LogP contribution >= 0.6 is 11.6 Å². The molecule has 0 aliphatic rings. The highest BCUT2D eigenvalue weighted by atomic mass is 35.5. The fourth-order valence-electron chi connectivity index (χ4n) is 0.141. The van der Waals surface area contributed by atoms with Crippen LogP contribution in [0, 0.1) is 17.7 Å². The van der Waals surface area contributed by atoms with Crippen LogP contribution in [0.2, 0.25) is 0 Å². The number of hydrogen-bond acceptors (Lipinski definition) is 0. The zero-order valence-electron chi connectivity index (χ0n) is 3.66. The van der Waals surface area contributed by atoms with Crippen LogP contribution in [0.15, 0.2) is 0 Å². The van der Waals surface area contributed by atoms with E-state index in [0.717, 1.165) is 0 Å². The third kappa shape index (κ3) is 3.85. The zero-order chi connectivity index (χ0) is 4.83. The first-order valence-corrected chi connectivity index (χ1v) is 2.17. The normalized spacial score (nSPS) is 6.33. The van der Waals surface area contributed by atoms with Crippen LogP contribution in [0.4, 0.5) is 0 Å². The molecule has 0 N–H and O–H groups in total. The minimum absolute atomic E-state index is 0.693. The summed E-state index contributed by atoms with van der Waals surface area (Å²) in [6.45, 7) is 1.79. The molecule has 0 saturated heterocycles. The Hall–Kier alpha value is -0.150. The predicted octanol–water partition coefficient (Wildman–Crippen LogP) is 1.80. The lowest BCUT2D eigenvalue weighted by atomic mass is 10.5. The molecule has 33 valence electrons. The SMILES string of the molecule is CC#CC[CH]Cl. The van der Waals surface area contributed by atoms with Crippen molar-refractivity contribution in [3.05, 3.63) is 5.88 Å². The summed E-state index contributed by atoms with van der Waals surface area (Å²) in [5, 5.41) is 0. The van der Waals surface area contributed by atoms with E-state index in [1.807, 2.05) is 0 Å². The second kappa shape index (κ2) is 4.85. The maximum Gasteiger partial charge on any atom is 0.0618 e. The first-order valence-electron chi connectivity index (χ1n) is 1.73. The van der Waals surface area contributed by atoms with Crippen LogP contribution < -0.4 is 0 Å². The summed E-state index contributed by atoms with van der Waals surface area (Å²) in [7, 11) is 0. The van der Waals surface area contributed by atoms with E-state index in [1.165, 1.54) is 5.88 Å². The molecule has 0 aromatic carbocycles. The molecule has 0 amide bonds. The van der Waals surface area contributed by atoms with Gasteiger partial charge in [-0.2, -0.15) is 0 Å². The van der Waals surface area contributed by atoms with Crippen molar-refractivity contribution in [3.63, 3.8) is 0 Å². The Morgan fingerprint density at radius 3 is 2.67 bits per heavy atom. The van der Waals surface area contributed by atoms with Crippen LogP contribution in [0.3, 0.4) is 0 Å². The van der Waals surface area contributed by atoms with Gasteiger partial charge in [0.15, 0.2) is 0 Å². The molecule has 0 aliphatic heterocycles. The van der Waals surface area contributed by atoms with Gasteiger partial charge in [-0.1, -0.05) is 0 Å². The van der Waals surface area contributed by atoms with Crippen LogP contribution in [0.25, 0.3) is 0 Å². The van der Waals surface area contributed by atoms with Gasteiger partial charge in [0.25, 0.3) is 0 Å². The quantitative estimate of drug-likeness (QED) is 0.442. The van der Waals surface area contributed by atoms with Crippen molar-refractivity contribution in [1.82, 2.24) is 0 Å². The van der Waals surface area contributed by atoms with E-state index >= 15 is 0 Å². The molecule has 6 heavy (non-hydrogen) atoms. The van der Waals surface area contributed by atoms with Crippen LogP contribution in [-0.4, -0.2) is 0 Å².